The Morgan fingerprint density at radius 3 is 2.42 bits per heavy atom. The van der Waals surface area contributed by atoms with Crippen LogP contribution in [-0.2, 0) is 34.3 Å². The van der Waals surface area contributed by atoms with Crippen LogP contribution in [0.5, 0.6) is 11.6 Å². The standard InChI is InChI=1S/C28H31N5O4S/c1-18-12-21(14-29)13-19(2)26(18)37-27-24-16-36-17-25(24)31-28(32-27)30-22-8-10-33(11-9-22)15-20-4-6-23(7-5-20)38(3,34)35/h4-7,12-13,22H,8-11,15-17H2,1-3H3,(H,30,31,32). The summed E-state index contributed by atoms with van der Waals surface area (Å²) in [6.45, 7) is 7.28. The minimum Gasteiger partial charge on any atom is -0.438 e. The maximum Gasteiger partial charge on any atom is 0.230 e. The van der Waals surface area contributed by atoms with Crippen LogP contribution in [-0.4, -0.2) is 48.7 Å². The summed E-state index contributed by atoms with van der Waals surface area (Å²) in [6.07, 6.45) is 3.09. The molecule has 0 aliphatic carbocycles. The molecule has 1 N–H and O–H groups in total. The number of benzene rings is 2. The van der Waals surface area contributed by atoms with Crippen LogP contribution >= 0.6 is 0 Å². The SMILES string of the molecule is Cc1cc(C#N)cc(C)c1Oc1nc(NC2CCN(Cc3ccc(S(C)(=O)=O)cc3)CC2)nc2c1COC2. The molecule has 0 amide bonds. The zero-order valence-corrected chi connectivity index (χ0v) is 22.6. The van der Waals surface area contributed by atoms with E-state index in [0.717, 1.165) is 60.4 Å². The van der Waals surface area contributed by atoms with E-state index in [1.165, 1.54) is 6.26 Å². The number of nitriles is 1. The number of anilines is 1. The average molecular weight is 534 g/mol. The molecule has 3 heterocycles. The van der Waals surface area contributed by atoms with Gasteiger partial charge in [-0.05, 0) is 67.6 Å². The Kier molecular flexibility index (Phi) is 7.34. The highest BCUT2D eigenvalue weighted by Gasteiger charge is 2.25. The summed E-state index contributed by atoms with van der Waals surface area (Å²) >= 11 is 0. The van der Waals surface area contributed by atoms with E-state index in [9.17, 15) is 13.7 Å². The first-order valence-electron chi connectivity index (χ1n) is 12.6. The molecule has 0 saturated carbocycles. The van der Waals surface area contributed by atoms with Crippen molar-refractivity contribution in [3.8, 4) is 17.7 Å². The molecule has 0 bridgehead atoms. The molecule has 9 nitrogen and oxygen atoms in total. The molecule has 10 heteroatoms. The van der Waals surface area contributed by atoms with Gasteiger partial charge in [-0.2, -0.15) is 10.2 Å². The summed E-state index contributed by atoms with van der Waals surface area (Å²) in [5.74, 6) is 1.71. The lowest BCUT2D eigenvalue weighted by Crippen LogP contribution is -2.39. The fraction of sp³-hybridized carbons (Fsp3) is 0.393. The van der Waals surface area contributed by atoms with Gasteiger partial charge in [0.15, 0.2) is 9.84 Å². The van der Waals surface area contributed by atoms with Gasteiger partial charge in [-0.15, -0.1) is 0 Å². The van der Waals surface area contributed by atoms with Crippen molar-refractivity contribution >= 4 is 15.8 Å². The molecular formula is C28H31N5O4S. The lowest BCUT2D eigenvalue weighted by molar-refractivity contribution is 0.132. The summed E-state index contributed by atoms with van der Waals surface area (Å²) in [5.41, 5.74) is 5.14. The first kappa shape index (κ1) is 26.1. The second-order valence-electron chi connectivity index (χ2n) is 10.0. The van der Waals surface area contributed by atoms with E-state index in [4.69, 9.17) is 19.4 Å². The summed E-state index contributed by atoms with van der Waals surface area (Å²) in [7, 11) is -3.18. The minimum absolute atomic E-state index is 0.227. The van der Waals surface area contributed by atoms with Crippen LogP contribution < -0.4 is 10.1 Å². The van der Waals surface area contributed by atoms with Crippen molar-refractivity contribution in [2.75, 3.05) is 24.7 Å². The fourth-order valence-corrected chi connectivity index (χ4v) is 5.59. The third kappa shape index (κ3) is 5.80. The zero-order chi connectivity index (χ0) is 26.9. The molecule has 1 fully saturated rings. The number of nitrogens with zero attached hydrogens (tertiary/aromatic N) is 4. The van der Waals surface area contributed by atoms with Crippen LogP contribution in [0.25, 0.3) is 0 Å². The number of sulfone groups is 1. The second kappa shape index (κ2) is 10.7. The van der Waals surface area contributed by atoms with Gasteiger partial charge in [-0.3, -0.25) is 4.90 Å². The monoisotopic (exact) mass is 533 g/mol. The van der Waals surface area contributed by atoms with Crippen LogP contribution in [0, 0.1) is 25.2 Å². The summed E-state index contributed by atoms with van der Waals surface area (Å²) in [4.78, 5) is 12.1. The number of hydrogen-bond donors (Lipinski definition) is 1. The van der Waals surface area contributed by atoms with E-state index < -0.39 is 9.84 Å². The predicted molar refractivity (Wildman–Crippen MR) is 143 cm³/mol. The largest absolute Gasteiger partial charge is 0.438 e. The van der Waals surface area contributed by atoms with Crippen molar-refractivity contribution < 1.29 is 17.9 Å². The van der Waals surface area contributed by atoms with Gasteiger partial charge in [-0.25, -0.2) is 13.4 Å². The van der Waals surface area contributed by atoms with E-state index in [1.54, 1.807) is 12.1 Å². The molecule has 2 aliphatic heterocycles. The number of rotatable bonds is 7. The van der Waals surface area contributed by atoms with Crippen molar-refractivity contribution in [1.29, 1.82) is 5.26 Å². The van der Waals surface area contributed by atoms with E-state index in [-0.39, 0.29) is 6.04 Å². The molecule has 0 radical (unpaired) electrons. The number of aryl methyl sites for hydroxylation is 2. The van der Waals surface area contributed by atoms with Gasteiger partial charge < -0.3 is 14.8 Å². The normalized spacial score (nSPS) is 16.2. The number of likely N-dealkylation sites (tertiary alicyclic amines) is 1. The molecular weight excluding hydrogens is 502 g/mol. The van der Waals surface area contributed by atoms with Gasteiger partial charge in [0.05, 0.1) is 41.0 Å². The van der Waals surface area contributed by atoms with Crippen molar-refractivity contribution in [3.05, 3.63) is 69.9 Å². The smallest absolute Gasteiger partial charge is 0.230 e. The number of nitrogens with one attached hydrogen (secondary N) is 1. The van der Waals surface area contributed by atoms with Gasteiger partial charge in [-0.1, -0.05) is 12.1 Å². The third-order valence-corrected chi connectivity index (χ3v) is 8.14. The fourth-order valence-electron chi connectivity index (χ4n) is 4.96. The van der Waals surface area contributed by atoms with Crippen LogP contribution in [0.2, 0.25) is 0 Å². The van der Waals surface area contributed by atoms with Gasteiger partial charge in [0.2, 0.25) is 11.8 Å². The van der Waals surface area contributed by atoms with Crippen molar-refractivity contribution in [1.82, 2.24) is 14.9 Å². The topological polar surface area (TPSA) is 117 Å². The van der Waals surface area contributed by atoms with E-state index in [1.807, 2.05) is 38.1 Å². The Balaban J connectivity index is 1.24. The van der Waals surface area contributed by atoms with E-state index >= 15 is 0 Å². The quantitative estimate of drug-likeness (QED) is 0.475. The van der Waals surface area contributed by atoms with E-state index in [0.29, 0.717) is 41.3 Å². The minimum atomic E-state index is -3.18. The lowest BCUT2D eigenvalue weighted by Gasteiger charge is -2.32. The van der Waals surface area contributed by atoms with Gasteiger partial charge in [0.1, 0.15) is 5.75 Å². The Bertz CT molecular complexity index is 1470. The molecule has 0 atom stereocenters. The first-order chi connectivity index (χ1) is 18.2. The highest BCUT2D eigenvalue weighted by atomic mass is 32.2. The van der Waals surface area contributed by atoms with Gasteiger partial charge in [0, 0.05) is 31.9 Å². The Hall–Kier alpha value is -3.52. The Labute approximate surface area is 223 Å². The second-order valence-corrected chi connectivity index (χ2v) is 12.1. The van der Waals surface area contributed by atoms with Crippen LogP contribution in [0.1, 0.15) is 46.4 Å². The molecule has 5 rings (SSSR count). The van der Waals surface area contributed by atoms with Crippen molar-refractivity contribution in [2.45, 2.75) is 57.4 Å². The lowest BCUT2D eigenvalue weighted by atomic mass is 10.0. The van der Waals surface area contributed by atoms with Crippen molar-refractivity contribution in [3.63, 3.8) is 0 Å². The van der Waals surface area contributed by atoms with Gasteiger partial charge in [0.25, 0.3) is 0 Å². The first-order valence-corrected chi connectivity index (χ1v) is 14.5. The van der Waals surface area contributed by atoms with Gasteiger partial charge >= 0.3 is 0 Å². The predicted octanol–water partition coefficient (Wildman–Crippen LogP) is 4.27. The molecule has 38 heavy (non-hydrogen) atoms. The zero-order valence-electron chi connectivity index (χ0n) is 21.8. The third-order valence-electron chi connectivity index (χ3n) is 7.01. The highest BCUT2D eigenvalue weighted by molar-refractivity contribution is 7.90. The highest BCUT2D eigenvalue weighted by Crippen LogP contribution is 2.35. The summed E-state index contributed by atoms with van der Waals surface area (Å²) in [5, 5.41) is 12.8. The molecule has 1 saturated heterocycles. The molecule has 198 valence electrons. The van der Waals surface area contributed by atoms with E-state index in [2.05, 4.69) is 16.3 Å². The maximum absolute atomic E-state index is 11.7. The number of fused-ring (bicyclic) bond motifs is 1. The molecule has 1 aromatic heterocycles. The molecule has 2 aliphatic rings. The van der Waals surface area contributed by atoms with Crippen LogP contribution in [0.15, 0.2) is 41.3 Å². The summed E-state index contributed by atoms with van der Waals surface area (Å²) < 4.78 is 35.3. The Morgan fingerprint density at radius 1 is 1.11 bits per heavy atom. The number of hydrogen-bond acceptors (Lipinski definition) is 9. The van der Waals surface area contributed by atoms with Crippen LogP contribution in [0.3, 0.4) is 0 Å². The summed E-state index contributed by atoms with van der Waals surface area (Å²) in [6, 6.07) is 13.2. The number of ether oxygens (including phenoxy) is 2. The number of aromatic nitrogens is 2. The van der Waals surface area contributed by atoms with Crippen LogP contribution in [0.4, 0.5) is 5.95 Å². The molecule has 0 unspecified atom stereocenters. The molecule has 2 aromatic carbocycles. The maximum atomic E-state index is 11.7. The molecule has 0 spiro atoms. The Morgan fingerprint density at radius 2 is 1.79 bits per heavy atom. The van der Waals surface area contributed by atoms with Crippen molar-refractivity contribution in [2.24, 2.45) is 0 Å². The average Bonchev–Trinajstić information content (AvgIpc) is 3.36. The number of piperidine rings is 1. The molecule has 3 aromatic rings.